The van der Waals surface area contributed by atoms with Crippen molar-refractivity contribution in [2.45, 2.75) is 39.2 Å². The fourth-order valence-electron chi connectivity index (χ4n) is 2.52. The molecule has 2 heteroatoms. The summed E-state index contributed by atoms with van der Waals surface area (Å²) in [5.74, 6) is 0.882. The monoisotopic (exact) mass is 210 g/mol. The molecule has 1 rings (SSSR count). The summed E-state index contributed by atoms with van der Waals surface area (Å²) in [5.41, 5.74) is 0. The van der Waals surface area contributed by atoms with Crippen molar-refractivity contribution in [3.05, 3.63) is 12.7 Å². The maximum Gasteiger partial charge on any atom is 0.0160 e. The van der Waals surface area contributed by atoms with Gasteiger partial charge in [0.2, 0.25) is 0 Å². The highest BCUT2D eigenvalue weighted by Crippen LogP contribution is 2.17. The van der Waals surface area contributed by atoms with Crippen LogP contribution in [0, 0.1) is 5.92 Å². The molecule has 0 aromatic rings. The zero-order valence-electron chi connectivity index (χ0n) is 10.3. The smallest absolute Gasteiger partial charge is 0.0160 e. The molecule has 1 saturated heterocycles. The molecule has 1 heterocycles. The molecule has 0 aromatic heterocycles. The predicted molar refractivity (Wildman–Crippen MR) is 67.1 cm³/mol. The molecule has 0 aliphatic carbocycles. The molecule has 2 atom stereocenters. The third-order valence-corrected chi connectivity index (χ3v) is 3.18. The lowest BCUT2D eigenvalue weighted by molar-refractivity contribution is 0.205. The van der Waals surface area contributed by atoms with Gasteiger partial charge < -0.3 is 5.32 Å². The van der Waals surface area contributed by atoms with E-state index in [0.717, 1.165) is 12.5 Å². The summed E-state index contributed by atoms with van der Waals surface area (Å²) < 4.78 is 0. The van der Waals surface area contributed by atoms with Crippen LogP contribution in [0.1, 0.15) is 33.1 Å². The lowest BCUT2D eigenvalue weighted by Gasteiger charge is -2.32. The second-order valence-electron chi connectivity index (χ2n) is 4.79. The lowest BCUT2D eigenvalue weighted by Crippen LogP contribution is -2.40. The van der Waals surface area contributed by atoms with Gasteiger partial charge in [0.25, 0.3) is 0 Å². The van der Waals surface area contributed by atoms with Gasteiger partial charge in [-0.15, -0.1) is 6.58 Å². The van der Waals surface area contributed by atoms with Crippen molar-refractivity contribution in [2.24, 2.45) is 5.92 Å². The standard InChI is InChI=1S/C13H26N2/c1-4-8-15(9-5-2)11-13-6-7-14-12(3)10-13/h4,12-14H,1,5-11H2,2-3H3. The van der Waals surface area contributed by atoms with E-state index in [1.807, 2.05) is 6.08 Å². The SMILES string of the molecule is C=CCN(CCC)CC1CCNC(C)C1. The molecular weight excluding hydrogens is 184 g/mol. The molecular formula is C13H26N2. The van der Waals surface area contributed by atoms with Crippen LogP contribution in [0.3, 0.4) is 0 Å². The molecule has 1 aliphatic rings. The van der Waals surface area contributed by atoms with Crippen LogP contribution < -0.4 is 5.32 Å². The van der Waals surface area contributed by atoms with E-state index in [0.29, 0.717) is 6.04 Å². The van der Waals surface area contributed by atoms with E-state index in [2.05, 4.69) is 30.6 Å². The first-order valence-corrected chi connectivity index (χ1v) is 6.32. The van der Waals surface area contributed by atoms with Crippen LogP contribution in [0.5, 0.6) is 0 Å². The van der Waals surface area contributed by atoms with E-state index in [4.69, 9.17) is 0 Å². The fourth-order valence-corrected chi connectivity index (χ4v) is 2.52. The Labute approximate surface area is 94.7 Å². The highest BCUT2D eigenvalue weighted by Gasteiger charge is 2.19. The topological polar surface area (TPSA) is 15.3 Å². The van der Waals surface area contributed by atoms with E-state index < -0.39 is 0 Å². The van der Waals surface area contributed by atoms with E-state index in [1.165, 1.54) is 38.9 Å². The average Bonchev–Trinajstić information content (AvgIpc) is 2.18. The Hall–Kier alpha value is -0.340. The van der Waals surface area contributed by atoms with Gasteiger partial charge in [-0.25, -0.2) is 0 Å². The van der Waals surface area contributed by atoms with E-state index >= 15 is 0 Å². The maximum atomic E-state index is 3.84. The third kappa shape index (κ3) is 4.80. The van der Waals surface area contributed by atoms with Gasteiger partial charge in [0, 0.05) is 19.1 Å². The summed E-state index contributed by atoms with van der Waals surface area (Å²) in [6, 6.07) is 0.705. The van der Waals surface area contributed by atoms with Gasteiger partial charge in [0.1, 0.15) is 0 Å². The summed E-state index contributed by atoms with van der Waals surface area (Å²) in [4.78, 5) is 2.54. The highest BCUT2D eigenvalue weighted by atomic mass is 15.1. The molecule has 2 nitrogen and oxygen atoms in total. The van der Waals surface area contributed by atoms with Crippen molar-refractivity contribution in [1.82, 2.24) is 10.2 Å². The van der Waals surface area contributed by atoms with Crippen LogP contribution in [-0.2, 0) is 0 Å². The Balaban J connectivity index is 2.31. The van der Waals surface area contributed by atoms with Crippen LogP contribution in [0.25, 0.3) is 0 Å². The number of hydrogen-bond donors (Lipinski definition) is 1. The predicted octanol–water partition coefficient (Wildman–Crippen LogP) is 2.27. The molecule has 1 aliphatic heterocycles. The molecule has 0 radical (unpaired) electrons. The van der Waals surface area contributed by atoms with Crippen molar-refractivity contribution in [2.75, 3.05) is 26.2 Å². The van der Waals surface area contributed by atoms with Gasteiger partial charge in [0.15, 0.2) is 0 Å². The first kappa shape index (κ1) is 12.7. The van der Waals surface area contributed by atoms with E-state index in [9.17, 15) is 0 Å². The number of rotatable bonds is 6. The molecule has 1 N–H and O–H groups in total. The van der Waals surface area contributed by atoms with Crippen LogP contribution >= 0.6 is 0 Å². The quantitative estimate of drug-likeness (QED) is 0.677. The number of nitrogens with one attached hydrogen (secondary N) is 1. The number of piperidine rings is 1. The van der Waals surface area contributed by atoms with Gasteiger partial charge >= 0.3 is 0 Å². The number of nitrogens with zero attached hydrogens (tertiary/aromatic N) is 1. The van der Waals surface area contributed by atoms with Gasteiger partial charge in [-0.2, -0.15) is 0 Å². The van der Waals surface area contributed by atoms with Crippen molar-refractivity contribution in [3.8, 4) is 0 Å². The van der Waals surface area contributed by atoms with Gasteiger partial charge in [0.05, 0.1) is 0 Å². The van der Waals surface area contributed by atoms with Gasteiger partial charge in [-0.3, -0.25) is 4.90 Å². The molecule has 88 valence electrons. The minimum absolute atomic E-state index is 0.705. The molecule has 0 bridgehead atoms. The zero-order chi connectivity index (χ0) is 11.1. The number of hydrogen-bond acceptors (Lipinski definition) is 2. The normalized spacial score (nSPS) is 26.9. The summed E-state index contributed by atoms with van der Waals surface area (Å²) >= 11 is 0. The molecule has 0 spiro atoms. The molecule has 0 amide bonds. The Morgan fingerprint density at radius 2 is 2.33 bits per heavy atom. The van der Waals surface area contributed by atoms with Crippen molar-refractivity contribution in [1.29, 1.82) is 0 Å². The molecule has 0 saturated carbocycles. The van der Waals surface area contributed by atoms with Crippen LogP contribution in [0.15, 0.2) is 12.7 Å². The fraction of sp³-hybridized carbons (Fsp3) is 0.846. The molecule has 15 heavy (non-hydrogen) atoms. The van der Waals surface area contributed by atoms with Crippen LogP contribution in [0.2, 0.25) is 0 Å². The highest BCUT2D eigenvalue weighted by molar-refractivity contribution is 4.80. The van der Waals surface area contributed by atoms with E-state index in [-0.39, 0.29) is 0 Å². The minimum atomic E-state index is 0.705. The van der Waals surface area contributed by atoms with Gasteiger partial charge in [-0.05, 0) is 45.2 Å². The average molecular weight is 210 g/mol. The molecule has 2 unspecified atom stereocenters. The lowest BCUT2D eigenvalue weighted by atomic mass is 9.93. The van der Waals surface area contributed by atoms with E-state index in [1.54, 1.807) is 0 Å². The first-order chi connectivity index (χ1) is 7.26. The largest absolute Gasteiger partial charge is 0.314 e. The Kier molecular flexibility index (Phi) is 5.96. The Bertz CT molecular complexity index is 179. The first-order valence-electron chi connectivity index (χ1n) is 6.32. The summed E-state index contributed by atoms with van der Waals surface area (Å²) in [7, 11) is 0. The second kappa shape index (κ2) is 7.02. The third-order valence-electron chi connectivity index (χ3n) is 3.18. The second-order valence-corrected chi connectivity index (χ2v) is 4.79. The Morgan fingerprint density at radius 3 is 2.93 bits per heavy atom. The summed E-state index contributed by atoms with van der Waals surface area (Å²) in [6.45, 7) is 13.1. The van der Waals surface area contributed by atoms with Gasteiger partial charge in [-0.1, -0.05) is 13.0 Å². The summed E-state index contributed by atoms with van der Waals surface area (Å²) in [6.07, 6.45) is 5.94. The summed E-state index contributed by atoms with van der Waals surface area (Å²) in [5, 5.41) is 3.51. The molecule has 0 aromatic carbocycles. The van der Waals surface area contributed by atoms with Crippen molar-refractivity contribution < 1.29 is 0 Å². The molecule has 1 fully saturated rings. The van der Waals surface area contributed by atoms with Crippen molar-refractivity contribution in [3.63, 3.8) is 0 Å². The maximum absolute atomic E-state index is 3.84. The van der Waals surface area contributed by atoms with Crippen LogP contribution in [0.4, 0.5) is 0 Å². The van der Waals surface area contributed by atoms with Crippen molar-refractivity contribution >= 4 is 0 Å². The Morgan fingerprint density at radius 1 is 1.53 bits per heavy atom. The zero-order valence-corrected chi connectivity index (χ0v) is 10.3. The minimum Gasteiger partial charge on any atom is -0.314 e. The van der Waals surface area contributed by atoms with Crippen LogP contribution in [-0.4, -0.2) is 37.1 Å².